The van der Waals surface area contributed by atoms with Gasteiger partial charge in [0.1, 0.15) is 18.5 Å². The Labute approximate surface area is 198 Å². The summed E-state index contributed by atoms with van der Waals surface area (Å²) < 4.78 is 19.3. The summed E-state index contributed by atoms with van der Waals surface area (Å²) in [5.41, 5.74) is 1.67. The number of halogens is 1. The van der Waals surface area contributed by atoms with Gasteiger partial charge in [-0.3, -0.25) is 14.4 Å². The fourth-order valence-electron chi connectivity index (χ4n) is 3.49. The first-order valence-corrected chi connectivity index (χ1v) is 11.0. The molecule has 0 saturated heterocycles. The lowest BCUT2D eigenvalue weighted by atomic mass is 10.0. The lowest BCUT2D eigenvalue weighted by molar-refractivity contribution is -0.142. The molecule has 34 heavy (non-hydrogen) atoms. The molecule has 0 spiro atoms. The monoisotopic (exact) mass is 462 g/mol. The Kier molecular flexibility index (Phi) is 8.91. The summed E-state index contributed by atoms with van der Waals surface area (Å²) >= 11 is 0. The second-order valence-electron chi connectivity index (χ2n) is 7.89. The van der Waals surface area contributed by atoms with Crippen molar-refractivity contribution in [1.82, 2.24) is 10.6 Å². The number of carbonyl (C=O) groups is 3. The number of rotatable bonds is 10. The van der Waals surface area contributed by atoms with Crippen LogP contribution < -0.4 is 10.6 Å². The number of hydrogen-bond donors (Lipinski definition) is 2. The summed E-state index contributed by atoms with van der Waals surface area (Å²) in [6.45, 7) is 1.14. The molecule has 1 unspecified atom stereocenters. The predicted octanol–water partition coefficient (Wildman–Crippen LogP) is 3.46. The summed E-state index contributed by atoms with van der Waals surface area (Å²) in [5, 5.41) is 5.62. The van der Waals surface area contributed by atoms with Crippen LogP contribution in [0.4, 0.5) is 4.39 Å². The first-order valence-electron chi connectivity index (χ1n) is 11.0. The number of amides is 2. The van der Waals surface area contributed by atoms with Crippen LogP contribution in [0.2, 0.25) is 0 Å². The highest BCUT2D eigenvalue weighted by atomic mass is 19.1. The highest BCUT2D eigenvalue weighted by Gasteiger charge is 2.25. The van der Waals surface area contributed by atoms with Gasteiger partial charge in [0.2, 0.25) is 5.91 Å². The molecule has 3 aromatic rings. The molecule has 2 N–H and O–H groups in total. The van der Waals surface area contributed by atoms with E-state index in [0.29, 0.717) is 11.1 Å². The molecule has 0 fully saturated rings. The van der Waals surface area contributed by atoms with Crippen LogP contribution in [0.1, 0.15) is 28.4 Å². The van der Waals surface area contributed by atoms with Gasteiger partial charge in [-0.05, 0) is 35.7 Å². The van der Waals surface area contributed by atoms with Gasteiger partial charge in [0.15, 0.2) is 0 Å². The van der Waals surface area contributed by atoms with Crippen molar-refractivity contribution in [1.29, 1.82) is 0 Å². The van der Waals surface area contributed by atoms with Gasteiger partial charge in [0, 0.05) is 18.9 Å². The second-order valence-corrected chi connectivity index (χ2v) is 7.89. The normalized spacial score (nSPS) is 12.3. The third kappa shape index (κ3) is 7.55. The first kappa shape index (κ1) is 24.6. The molecule has 2 atom stereocenters. The van der Waals surface area contributed by atoms with Crippen LogP contribution in [-0.4, -0.2) is 36.5 Å². The maximum Gasteiger partial charge on any atom is 0.302 e. The van der Waals surface area contributed by atoms with E-state index in [1.807, 2.05) is 30.3 Å². The number of carbonyl (C=O) groups excluding carboxylic acids is 3. The van der Waals surface area contributed by atoms with Gasteiger partial charge in [-0.1, -0.05) is 66.7 Å². The van der Waals surface area contributed by atoms with Gasteiger partial charge < -0.3 is 15.4 Å². The van der Waals surface area contributed by atoms with Crippen molar-refractivity contribution in [3.8, 4) is 0 Å². The van der Waals surface area contributed by atoms with E-state index in [0.717, 1.165) is 5.56 Å². The molecule has 0 aromatic heterocycles. The summed E-state index contributed by atoms with van der Waals surface area (Å²) in [6.07, 6.45) is 0.377. The molecule has 0 aliphatic carbocycles. The molecule has 176 valence electrons. The summed E-state index contributed by atoms with van der Waals surface area (Å²) in [7, 11) is 0. The topological polar surface area (TPSA) is 84.5 Å². The number of hydrogen-bond acceptors (Lipinski definition) is 4. The quantitative estimate of drug-likeness (QED) is 0.452. The molecular formula is C27H27FN2O4. The Hall–Kier alpha value is -4.00. The Morgan fingerprint density at radius 1 is 0.824 bits per heavy atom. The van der Waals surface area contributed by atoms with E-state index < -0.39 is 29.8 Å². The van der Waals surface area contributed by atoms with Crippen molar-refractivity contribution in [2.24, 2.45) is 0 Å². The smallest absolute Gasteiger partial charge is 0.302 e. The molecule has 0 saturated carbocycles. The van der Waals surface area contributed by atoms with E-state index in [1.54, 1.807) is 48.5 Å². The van der Waals surface area contributed by atoms with Crippen LogP contribution in [0.3, 0.4) is 0 Å². The zero-order valence-corrected chi connectivity index (χ0v) is 18.9. The van der Waals surface area contributed by atoms with Crippen molar-refractivity contribution in [2.75, 3.05) is 6.61 Å². The first-order chi connectivity index (χ1) is 16.4. The fraction of sp³-hybridized carbons (Fsp3) is 0.222. The van der Waals surface area contributed by atoms with Gasteiger partial charge >= 0.3 is 5.97 Å². The van der Waals surface area contributed by atoms with Crippen LogP contribution in [0.25, 0.3) is 0 Å². The molecule has 0 radical (unpaired) electrons. The SMILES string of the molecule is CC(=O)OCC(Cc1ccccc1F)NC(=O)[C@H](Cc1ccccc1)NC(=O)c1ccccc1. The van der Waals surface area contributed by atoms with E-state index in [9.17, 15) is 18.8 Å². The van der Waals surface area contributed by atoms with Crippen LogP contribution in [0, 0.1) is 5.82 Å². The van der Waals surface area contributed by atoms with E-state index in [-0.39, 0.29) is 25.4 Å². The van der Waals surface area contributed by atoms with Gasteiger partial charge in [-0.15, -0.1) is 0 Å². The maximum atomic E-state index is 14.2. The lowest BCUT2D eigenvalue weighted by Gasteiger charge is -2.24. The second kappa shape index (κ2) is 12.3. The average Bonchev–Trinajstić information content (AvgIpc) is 2.84. The lowest BCUT2D eigenvalue weighted by Crippen LogP contribution is -2.52. The molecule has 3 aromatic carbocycles. The molecular weight excluding hydrogens is 435 g/mol. The van der Waals surface area contributed by atoms with Crippen LogP contribution in [-0.2, 0) is 27.2 Å². The number of nitrogens with one attached hydrogen (secondary N) is 2. The van der Waals surface area contributed by atoms with E-state index in [4.69, 9.17) is 4.74 Å². The Bertz CT molecular complexity index is 1110. The molecule has 3 rings (SSSR count). The molecule has 7 heteroatoms. The fourth-order valence-corrected chi connectivity index (χ4v) is 3.49. The molecule has 0 bridgehead atoms. The molecule has 0 aliphatic rings. The summed E-state index contributed by atoms with van der Waals surface area (Å²) in [6, 6.07) is 22.5. The van der Waals surface area contributed by atoms with Gasteiger partial charge in [-0.25, -0.2) is 4.39 Å². The maximum absolute atomic E-state index is 14.2. The van der Waals surface area contributed by atoms with Crippen molar-refractivity contribution < 1.29 is 23.5 Å². The van der Waals surface area contributed by atoms with Crippen LogP contribution in [0.15, 0.2) is 84.9 Å². The summed E-state index contributed by atoms with van der Waals surface area (Å²) in [4.78, 5) is 37.4. The Balaban J connectivity index is 1.78. The standard InChI is InChI=1S/C27H27FN2O4/c1-19(31)34-18-23(17-22-14-8-9-15-24(22)28)29-27(33)25(16-20-10-4-2-5-11-20)30-26(32)21-12-6-3-7-13-21/h2-15,23,25H,16-18H2,1H3,(H,29,33)(H,30,32)/t23?,25-/m0/s1. The van der Waals surface area contributed by atoms with E-state index in [1.165, 1.54) is 13.0 Å². The number of esters is 1. The predicted molar refractivity (Wildman–Crippen MR) is 127 cm³/mol. The minimum atomic E-state index is -0.893. The highest BCUT2D eigenvalue weighted by Crippen LogP contribution is 2.11. The highest BCUT2D eigenvalue weighted by molar-refractivity contribution is 5.97. The van der Waals surface area contributed by atoms with Crippen molar-refractivity contribution in [2.45, 2.75) is 31.8 Å². The van der Waals surface area contributed by atoms with Crippen molar-refractivity contribution >= 4 is 17.8 Å². The number of benzene rings is 3. The minimum Gasteiger partial charge on any atom is -0.464 e. The zero-order chi connectivity index (χ0) is 24.3. The van der Waals surface area contributed by atoms with Gasteiger partial charge in [0.25, 0.3) is 5.91 Å². The van der Waals surface area contributed by atoms with Crippen LogP contribution in [0.5, 0.6) is 0 Å². The van der Waals surface area contributed by atoms with E-state index >= 15 is 0 Å². The van der Waals surface area contributed by atoms with Crippen molar-refractivity contribution in [3.63, 3.8) is 0 Å². The Morgan fingerprint density at radius 3 is 2.09 bits per heavy atom. The van der Waals surface area contributed by atoms with Crippen LogP contribution >= 0.6 is 0 Å². The Morgan fingerprint density at radius 2 is 1.44 bits per heavy atom. The van der Waals surface area contributed by atoms with E-state index in [2.05, 4.69) is 10.6 Å². The van der Waals surface area contributed by atoms with Crippen molar-refractivity contribution in [3.05, 3.63) is 107 Å². The third-order valence-electron chi connectivity index (χ3n) is 5.20. The molecule has 6 nitrogen and oxygen atoms in total. The molecule has 0 aliphatic heterocycles. The van der Waals surface area contributed by atoms with Gasteiger partial charge in [0.05, 0.1) is 6.04 Å². The third-order valence-corrected chi connectivity index (χ3v) is 5.20. The average molecular weight is 463 g/mol. The molecule has 0 heterocycles. The van der Waals surface area contributed by atoms with Gasteiger partial charge in [-0.2, -0.15) is 0 Å². The molecule has 2 amide bonds. The zero-order valence-electron chi connectivity index (χ0n) is 18.9. The largest absolute Gasteiger partial charge is 0.464 e. The number of ether oxygens (including phenoxy) is 1. The minimum absolute atomic E-state index is 0.121. The summed E-state index contributed by atoms with van der Waals surface area (Å²) in [5.74, 6) is -1.77.